The molecule has 0 fully saturated rings. The molecule has 26 heavy (non-hydrogen) atoms. The van der Waals surface area contributed by atoms with Crippen LogP contribution in [0.3, 0.4) is 0 Å². The van der Waals surface area contributed by atoms with Gasteiger partial charge >= 0.3 is 0 Å². The van der Waals surface area contributed by atoms with E-state index < -0.39 is 16.1 Å². The van der Waals surface area contributed by atoms with Gasteiger partial charge in [-0.05, 0) is 48.4 Å². The predicted octanol–water partition coefficient (Wildman–Crippen LogP) is 1.95. The number of aromatic nitrogens is 1. The first kappa shape index (κ1) is 19.7. The third-order valence-corrected chi connectivity index (χ3v) is 5.06. The second-order valence-electron chi connectivity index (χ2n) is 5.81. The molecule has 0 bridgehead atoms. The van der Waals surface area contributed by atoms with Gasteiger partial charge in [-0.25, -0.2) is 8.42 Å². The second kappa shape index (κ2) is 8.66. The Hall–Kier alpha value is -2.61. The standard InChI is InChI=1S/C18H23N3O4S/c1-4-17(18(22)20-13-14-9-11-19-12-10-14)25-16-7-5-15(6-8-16)21(2)26(3,23)24/h5-12,17H,4,13H2,1-3H3,(H,20,22). The summed E-state index contributed by atoms with van der Waals surface area (Å²) in [6, 6.07) is 10.2. The van der Waals surface area contributed by atoms with Crippen molar-refractivity contribution in [3.05, 3.63) is 54.4 Å². The fourth-order valence-corrected chi connectivity index (χ4v) is 2.72. The lowest BCUT2D eigenvalue weighted by molar-refractivity contribution is -0.128. The summed E-state index contributed by atoms with van der Waals surface area (Å²) in [6.07, 6.45) is 4.36. The topological polar surface area (TPSA) is 88.6 Å². The van der Waals surface area contributed by atoms with Crippen molar-refractivity contribution >= 4 is 21.6 Å². The molecule has 0 aliphatic rings. The molecule has 1 unspecified atom stereocenters. The molecule has 1 aromatic carbocycles. The first-order chi connectivity index (χ1) is 12.3. The molecule has 8 heteroatoms. The molecule has 1 N–H and O–H groups in total. The van der Waals surface area contributed by atoms with Gasteiger partial charge in [-0.2, -0.15) is 0 Å². The number of carbonyl (C=O) groups excluding carboxylic acids is 1. The number of pyridine rings is 1. The van der Waals surface area contributed by atoms with Crippen LogP contribution >= 0.6 is 0 Å². The average molecular weight is 377 g/mol. The summed E-state index contributed by atoms with van der Waals surface area (Å²) in [6.45, 7) is 2.27. The molecule has 0 saturated carbocycles. The minimum atomic E-state index is -3.32. The van der Waals surface area contributed by atoms with Gasteiger partial charge in [0.1, 0.15) is 5.75 Å². The molecule has 0 aliphatic carbocycles. The molecule has 140 valence electrons. The van der Waals surface area contributed by atoms with Crippen molar-refractivity contribution in [2.75, 3.05) is 17.6 Å². The van der Waals surface area contributed by atoms with Crippen LogP contribution in [0, 0.1) is 0 Å². The van der Waals surface area contributed by atoms with Crippen molar-refractivity contribution in [1.29, 1.82) is 0 Å². The monoisotopic (exact) mass is 377 g/mol. The third-order valence-electron chi connectivity index (χ3n) is 3.86. The van der Waals surface area contributed by atoms with E-state index in [4.69, 9.17) is 4.74 Å². The van der Waals surface area contributed by atoms with E-state index in [1.807, 2.05) is 19.1 Å². The molecule has 1 aromatic heterocycles. The summed E-state index contributed by atoms with van der Waals surface area (Å²) in [4.78, 5) is 16.3. The molecule has 2 rings (SSSR count). The molecular formula is C18H23N3O4S. The number of hydrogen-bond acceptors (Lipinski definition) is 5. The maximum absolute atomic E-state index is 12.3. The highest BCUT2D eigenvalue weighted by Crippen LogP contribution is 2.21. The minimum absolute atomic E-state index is 0.207. The molecule has 0 spiro atoms. The molecule has 1 atom stereocenters. The third kappa shape index (κ3) is 5.45. The molecule has 0 saturated heterocycles. The normalized spacial score (nSPS) is 12.3. The van der Waals surface area contributed by atoms with Crippen molar-refractivity contribution in [3.63, 3.8) is 0 Å². The van der Waals surface area contributed by atoms with E-state index in [0.717, 1.165) is 11.8 Å². The summed E-state index contributed by atoms with van der Waals surface area (Å²) in [5.41, 5.74) is 1.48. The minimum Gasteiger partial charge on any atom is -0.481 e. The lowest BCUT2D eigenvalue weighted by Gasteiger charge is -2.19. The van der Waals surface area contributed by atoms with E-state index in [1.54, 1.807) is 36.7 Å². The number of amides is 1. The maximum Gasteiger partial charge on any atom is 0.261 e. The van der Waals surface area contributed by atoms with Crippen LogP contribution in [-0.4, -0.2) is 38.7 Å². The van der Waals surface area contributed by atoms with E-state index in [0.29, 0.717) is 24.4 Å². The van der Waals surface area contributed by atoms with Gasteiger partial charge in [0.15, 0.2) is 6.10 Å². The molecule has 7 nitrogen and oxygen atoms in total. The number of rotatable bonds is 8. The van der Waals surface area contributed by atoms with Gasteiger partial charge < -0.3 is 10.1 Å². The molecular weight excluding hydrogens is 354 g/mol. The summed E-state index contributed by atoms with van der Waals surface area (Å²) >= 11 is 0. The van der Waals surface area contributed by atoms with Crippen molar-refractivity contribution in [2.24, 2.45) is 0 Å². The van der Waals surface area contributed by atoms with E-state index in [2.05, 4.69) is 10.3 Å². The Morgan fingerprint density at radius 3 is 2.35 bits per heavy atom. The van der Waals surface area contributed by atoms with Crippen LogP contribution in [0.4, 0.5) is 5.69 Å². The van der Waals surface area contributed by atoms with Gasteiger partial charge in [0.2, 0.25) is 10.0 Å². The van der Waals surface area contributed by atoms with E-state index >= 15 is 0 Å². The summed E-state index contributed by atoms with van der Waals surface area (Å²) < 4.78 is 30.0. The van der Waals surface area contributed by atoms with Crippen molar-refractivity contribution in [3.8, 4) is 5.75 Å². The van der Waals surface area contributed by atoms with Crippen LogP contribution in [-0.2, 0) is 21.4 Å². The van der Waals surface area contributed by atoms with E-state index in [-0.39, 0.29) is 5.91 Å². The average Bonchev–Trinajstić information content (AvgIpc) is 2.64. The Morgan fingerprint density at radius 1 is 1.19 bits per heavy atom. The van der Waals surface area contributed by atoms with Crippen molar-refractivity contribution < 1.29 is 17.9 Å². The van der Waals surface area contributed by atoms with Gasteiger partial charge in [0.05, 0.1) is 11.9 Å². The number of sulfonamides is 1. The number of nitrogens with one attached hydrogen (secondary N) is 1. The molecule has 0 aliphatic heterocycles. The van der Waals surface area contributed by atoms with Crippen LogP contribution in [0.1, 0.15) is 18.9 Å². The maximum atomic E-state index is 12.3. The van der Waals surface area contributed by atoms with Crippen LogP contribution in [0.25, 0.3) is 0 Å². The zero-order valence-electron chi connectivity index (χ0n) is 15.0. The number of nitrogens with zero attached hydrogens (tertiary/aromatic N) is 2. The molecule has 1 amide bonds. The Labute approximate surface area is 154 Å². The highest BCUT2D eigenvalue weighted by molar-refractivity contribution is 7.92. The lowest BCUT2D eigenvalue weighted by atomic mass is 10.2. The van der Waals surface area contributed by atoms with Crippen LogP contribution in [0.5, 0.6) is 5.75 Å². The summed E-state index contributed by atoms with van der Waals surface area (Å²) in [7, 11) is -1.84. The fraction of sp³-hybridized carbons (Fsp3) is 0.333. The Bertz CT molecular complexity index is 823. The van der Waals surface area contributed by atoms with Gasteiger partial charge in [-0.3, -0.25) is 14.1 Å². The van der Waals surface area contributed by atoms with E-state index in [9.17, 15) is 13.2 Å². The fourth-order valence-electron chi connectivity index (χ4n) is 2.22. The number of carbonyl (C=O) groups is 1. The van der Waals surface area contributed by atoms with E-state index in [1.165, 1.54) is 11.4 Å². The van der Waals surface area contributed by atoms with Crippen LogP contribution < -0.4 is 14.4 Å². The highest BCUT2D eigenvalue weighted by Gasteiger charge is 2.18. The Morgan fingerprint density at radius 2 is 1.81 bits per heavy atom. The van der Waals surface area contributed by atoms with Gasteiger partial charge in [0.25, 0.3) is 5.91 Å². The van der Waals surface area contributed by atoms with Crippen LogP contribution in [0.15, 0.2) is 48.8 Å². The van der Waals surface area contributed by atoms with Gasteiger partial charge in [-0.1, -0.05) is 6.92 Å². The summed E-state index contributed by atoms with van der Waals surface area (Å²) in [5.74, 6) is 0.295. The summed E-state index contributed by atoms with van der Waals surface area (Å²) in [5, 5.41) is 2.84. The Balaban J connectivity index is 1.97. The van der Waals surface area contributed by atoms with Crippen molar-refractivity contribution in [1.82, 2.24) is 10.3 Å². The zero-order chi connectivity index (χ0) is 19.2. The van der Waals surface area contributed by atoms with Crippen LogP contribution in [0.2, 0.25) is 0 Å². The number of anilines is 1. The first-order valence-corrected chi connectivity index (χ1v) is 10.0. The predicted molar refractivity (Wildman–Crippen MR) is 100 cm³/mol. The first-order valence-electron chi connectivity index (χ1n) is 8.18. The van der Waals surface area contributed by atoms with Gasteiger partial charge in [-0.15, -0.1) is 0 Å². The SMILES string of the molecule is CCC(Oc1ccc(N(C)S(C)(=O)=O)cc1)C(=O)NCc1ccncc1. The van der Waals surface area contributed by atoms with Crippen molar-refractivity contribution in [2.45, 2.75) is 26.0 Å². The number of ether oxygens (including phenoxy) is 1. The number of benzene rings is 1. The molecule has 2 aromatic rings. The second-order valence-corrected chi connectivity index (χ2v) is 7.83. The largest absolute Gasteiger partial charge is 0.481 e. The molecule has 0 radical (unpaired) electrons. The lowest BCUT2D eigenvalue weighted by Crippen LogP contribution is -2.37. The smallest absolute Gasteiger partial charge is 0.261 e. The quantitative estimate of drug-likeness (QED) is 0.760. The zero-order valence-corrected chi connectivity index (χ0v) is 15.9. The number of hydrogen-bond donors (Lipinski definition) is 1. The highest BCUT2D eigenvalue weighted by atomic mass is 32.2. The van der Waals surface area contributed by atoms with Gasteiger partial charge in [0, 0.05) is 26.0 Å². The Kier molecular flexibility index (Phi) is 6.57. The molecule has 1 heterocycles.